The van der Waals surface area contributed by atoms with Gasteiger partial charge in [0.1, 0.15) is 5.75 Å². The summed E-state index contributed by atoms with van der Waals surface area (Å²) in [6.07, 6.45) is 0.746. The van der Waals surface area contributed by atoms with Crippen LogP contribution in [0.5, 0.6) is 5.75 Å². The normalized spacial score (nSPS) is 21.8. The molecule has 2 atom stereocenters. The van der Waals surface area contributed by atoms with Crippen LogP contribution in [0.2, 0.25) is 0 Å². The number of hydrogen-bond acceptors (Lipinski definition) is 3. The van der Waals surface area contributed by atoms with Crippen LogP contribution in [-0.2, 0) is 4.79 Å². The lowest BCUT2D eigenvalue weighted by Crippen LogP contribution is -2.26. The highest BCUT2D eigenvalue weighted by molar-refractivity contribution is 5.70. The maximum atomic E-state index is 10.9. The molecule has 0 amide bonds. The van der Waals surface area contributed by atoms with Crippen molar-refractivity contribution in [2.75, 3.05) is 20.2 Å². The molecule has 1 aliphatic heterocycles. The lowest BCUT2D eigenvalue weighted by Gasteiger charge is -2.24. The fourth-order valence-corrected chi connectivity index (χ4v) is 2.43. The summed E-state index contributed by atoms with van der Waals surface area (Å²) in [6, 6.07) is 8.21. The van der Waals surface area contributed by atoms with E-state index in [0.29, 0.717) is 6.54 Å². The molecule has 1 saturated heterocycles. The van der Waals surface area contributed by atoms with E-state index in [1.807, 2.05) is 24.3 Å². The molecule has 1 aromatic rings. The number of ether oxygens (including phenoxy) is 1. The van der Waals surface area contributed by atoms with E-state index < -0.39 is 5.97 Å². The molecule has 2 unspecified atom stereocenters. The van der Waals surface area contributed by atoms with Crippen molar-refractivity contribution in [1.82, 2.24) is 4.90 Å². The minimum absolute atomic E-state index is 0.217. The van der Waals surface area contributed by atoms with Gasteiger partial charge in [-0.2, -0.15) is 0 Å². The summed E-state index contributed by atoms with van der Waals surface area (Å²) in [4.78, 5) is 13.2. The molecule has 0 saturated carbocycles. The Bertz CT molecular complexity index is 416. The second-order valence-corrected chi connectivity index (χ2v) is 4.77. The molecule has 1 aromatic carbocycles. The molecule has 1 heterocycles. The lowest BCUT2D eigenvalue weighted by molar-refractivity contribution is -0.141. The summed E-state index contributed by atoms with van der Waals surface area (Å²) in [7, 11) is 1.65. The van der Waals surface area contributed by atoms with Gasteiger partial charge in [0.2, 0.25) is 0 Å². The number of likely N-dealkylation sites (tertiary alicyclic amines) is 1. The molecule has 2 rings (SSSR count). The van der Waals surface area contributed by atoms with Crippen LogP contribution in [0, 0.1) is 5.92 Å². The third-order valence-electron chi connectivity index (χ3n) is 3.71. The van der Waals surface area contributed by atoms with Crippen LogP contribution in [0.25, 0.3) is 0 Å². The molecule has 98 valence electrons. The summed E-state index contributed by atoms with van der Waals surface area (Å²) in [5, 5.41) is 9.01. The molecule has 4 heteroatoms. The Morgan fingerprint density at radius 3 is 2.61 bits per heavy atom. The van der Waals surface area contributed by atoms with Gasteiger partial charge in [-0.05, 0) is 37.6 Å². The standard InChI is InChI=1S/C14H19NO3/c1-10(11-3-5-13(18-2)6-4-11)15-8-7-12(9-15)14(16)17/h3-6,10,12H,7-9H2,1-2H3,(H,16,17). The molecule has 0 radical (unpaired) electrons. The summed E-state index contributed by atoms with van der Waals surface area (Å²) < 4.78 is 5.13. The summed E-state index contributed by atoms with van der Waals surface area (Å²) in [5.41, 5.74) is 1.20. The Balaban J connectivity index is 2.02. The van der Waals surface area contributed by atoms with Crippen LogP contribution in [0.1, 0.15) is 24.9 Å². The van der Waals surface area contributed by atoms with E-state index in [9.17, 15) is 4.79 Å². The van der Waals surface area contributed by atoms with Crippen molar-refractivity contribution >= 4 is 5.97 Å². The summed E-state index contributed by atoms with van der Waals surface area (Å²) in [6.45, 7) is 3.61. The number of methoxy groups -OCH3 is 1. The van der Waals surface area contributed by atoms with Crippen molar-refractivity contribution in [3.8, 4) is 5.75 Å². The van der Waals surface area contributed by atoms with E-state index >= 15 is 0 Å². The number of carboxylic acid groups (broad SMARTS) is 1. The van der Waals surface area contributed by atoms with Crippen molar-refractivity contribution in [1.29, 1.82) is 0 Å². The smallest absolute Gasteiger partial charge is 0.307 e. The van der Waals surface area contributed by atoms with Crippen LogP contribution in [-0.4, -0.2) is 36.2 Å². The molecule has 1 N–H and O–H groups in total. The van der Waals surface area contributed by atoms with Crippen LogP contribution in [0.15, 0.2) is 24.3 Å². The maximum Gasteiger partial charge on any atom is 0.307 e. The predicted molar refractivity (Wildman–Crippen MR) is 68.7 cm³/mol. The van der Waals surface area contributed by atoms with E-state index in [1.54, 1.807) is 7.11 Å². The molecule has 1 fully saturated rings. The first kappa shape index (κ1) is 12.9. The van der Waals surface area contributed by atoms with Gasteiger partial charge in [0, 0.05) is 12.6 Å². The zero-order chi connectivity index (χ0) is 13.1. The first-order chi connectivity index (χ1) is 8.61. The van der Waals surface area contributed by atoms with Gasteiger partial charge in [-0.25, -0.2) is 0 Å². The lowest BCUT2D eigenvalue weighted by atomic mass is 10.1. The molecule has 0 spiro atoms. The quantitative estimate of drug-likeness (QED) is 0.888. The minimum Gasteiger partial charge on any atom is -0.497 e. The van der Waals surface area contributed by atoms with E-state index in [1.165, 1.54) is 5.56 Å². The Hall–Kier alpha value is -1.55. The Morgan fingerprint density at radius 1 is 1.44 bits per heavy atom. The van der Waals surface area contributed by atoms with E-state index in [4.69, 9.17) is 9.84 Å². The van der Waals surface area contributed by atoms with E-state index in [2.05, 4.69) is 11.8 Å². The van der Waals surface area contributed by atoms with Gasteiger partial charge in [0.25, 0.3) is 0 Å². The molecular weight excluding hydrogens is 230 g/mol. The number of aliphatic carboxylic acids is 1. The molecule has 18 heavy (non-hydrogen) atoms. The highest BCUT2D eigenvalue weighted by Gasteiger charge is 2.30. The zero-order valence-corrected chi connectivity index (χ0v) is 10.8. The van der Waals surface area contributed by atoms with Crippen molar-refractivity contribution in [2.24, 2.45) is 5.92 Å². The van der Waals surface area contributed by atoms with Gasteiger partial charge in [-0.1, -0.05) is 12.1 Å². The zero-order valence-electron chi connectivity index (χ0n) is 10.8. The molecule has 0 aliphatic carbocycles. The highest BCUT2D eigenvalue weighted by atomic mass is 16.5. The monoisotopic (exact) mass is 249 g/mol. The van der Waals surface area contributed by atoms with Crippen molar-refractivity contribution in [2.45, 2.75) is 19.4 Å². The average molecular weight is 249 g/mol. The van der Waals surface area contributed by atoms with Gasteiger partial charge < -0.3 is 9.84 Å². The number of carbonyl (C=O) groups is 1. The van der Waals surface area contributed by atoms with Gasteiger partial charge in [0.05, 0.1) is 13.0 Å². The number of nitrogens with zero attached hydrogens (tertiary/aromatic N) is 1. The number of rotatable bonds is 4. The number of hydrogen-bond donors (Lipinski definition) is 1. The first-order valence-electron chi connectivity index (χ1n) is 6.22. The molecule has 0 aromatic heterocycles. The average Bonchev–Trinajstić information content (AvgIpc) is 2.88. The van der Waals surface area contributed by atoms with Crippen LogP contribution in [0.4, 0.5) is 0 Å². The summed E-state index contributed by atoms with van der Waals surface area (Å²) in [5.74, 6) is -0.0547. The second-order valence-electron chi connectivity index (χ2n) is 4.77. The van der Waals surface area contributed by atoms with Crippen molar-refractivity contribution < 1.29 is 14.6 Å². The third-order valence-corrected chi connectivity index (χ3v) is 3.71. The second kappa shape index (κ2) is 5.40. The van der Waals surface area contributed by atoms with Gasteiger partial charge in [-0.3, -0.25) is 9.69 Å². The van der Waals surface area contributed by atoms with Crippen molar-refractivity contribution in [3.05, 3.63) is 29.8 Å². The largest absolute Gasteiger partial charge is 0.497 e. The Kier molecular flexibility index (Phi) is 3.87. The number of carboxylic acids is 1. The van der Waals surface area contributed by atoms with Gasteiger partial charge in [0.15, 0.2) is 0 Å². The van der Waals surface area contributed by atoms with Crippen LogP contribution < -0.4 is 4.74 Å². The van der Waals surface area contributed by atoms with Crippen LogP contribution in [0.3, 0.4) is 0 Å². The fraction of sp³-hybridized carbons (Fsp3) is 0.500. The van der Waals surface area contributed by atoms with Crippen molar-refractivity contribution in [3.63, 3.8) is 0 Å². The predicted octanol–water partition coefficient (Wildman–Crippen LogP) is 2.16. The highest BCUT2D eigenvalue weighted by Crippen LogP contribution is 2.28. The topological polar surface area (TPSA) is 49.8 Å². The maximum absolute atomic E-state index is 10.9. The Labute approximate surface area is 107 Å². The minimum atomic E-state index is -0.681. The summed E-state index contributed by atoms with van der Waals surface area (Å²) >= 11 is 0. The molecule has 4 nitrogen and oxygen atoms in total. The molecule has 1 aliphatic rings. The van der Waals surface area contributed by atoms with E-state index in [-0.39, 0.29) is 12.0 Å². The first-order valence-corrected chi connectivity index (χ1v) is 6.22. The fourth-order valence-electron chi connectivity index (χ4n) is 2.43. The van der Waals surface area contributed by atoms with Crippen LogP contribution >= 0.6 is 0 Å². The molecule has 0 bridgehead atoms. The van der Waals surface area contributed by atoms with Gasteiger partial charge >= 0.3 is 5.97 Å². The van der Waals surface area contributed by atoms with Gasteiger partial charge in [-0.15, -0.1) is 0 Å². The molecular formula is C14H19NO3. The number of benzene rings is 1. The third kappa shape index (κ3) is 2.64. The van der Waals surface area contributed by atoms with E-state index in [0.717, 1.165) is 18.7 Å². The Morgan fingerprint density at radius 2 is 2.11 bits per heavy atom. The SMILES string of the molecule is COc1ccc(C(C)N2CCC(C(=O)O)C2)cc1.